The first-order valence-corrected chi connectivity index (χ1v) is 8.87. The summed E-state index contributed by atoms with van der Waals surface area (Å²) in [6, 6.07) is 14.2. The van der Waals surface area contributed by atoms with Gasteiger partial charge in [-0.05, 0) is 43.2 Å². The van der Waals surface area contributed by atoms with E-state index in [0.29, 0.717) is 24.1 Å². The van der Waals surface area contributed by atoms with E-state index in [4.69, 9.17) is 9.47 Å². The van der Waals surface area contributed by atoms with Crippen LogP contribution in [-0.4, -0.2) is 30.5 Å². The lowest BCUT2D eigenvalue weighted by Gasteiger charge is -2.25. The predicted octanol–water partition coefficient (Wildman–Crippen LogP) is 2.82. The Morgan fingerprint density at radius 1 is 1.22 bits per heavy atom. The minimum absolute atomic E-state index is 0.298. The van der Waals surface area contributed by atoms with Gasteiger partial charge in [0.05, 0.1) is 11.1 Å². The molecule has 2 atom stereocenters. The van der Waals surface area contributed by atoms with Gasteiger partial charge in [0.25, 0.3) is 5.91 Å². The number of rotatable bonds is 5. The Labute approximate surface area is 157 Å². The van der Waals surface area contributed by atoms with Gasteiger partial charge in [0.2, 0.25) is 0 Å². The molecule has 6 heteroatoms. The number of cyclic esters (lactones) is 1. The molecule has 0 saturated carbocycles. The average molecular weight is 367 g/mol. The predicted molar refractivity (Wildman–Crippen MR) is 98.3 cm³/mol. The van der Waals surface area contributed by atoms with Crippen molar-refractivity contribution < 1.29 is 23.9 Å². The van der Waals surface area contributed by atoms with Crippen LogP contribution >= 0.6 is 0 Å². The van der Waals surface area contributed by atoms with Crippen LogP contribution in [0.5, 0.6) is 0 Å². The van der Waals surface area contributed by atoms with Crippen molar-refractivity contribution in [1.82, 2.24) is 5.32 Å². The number of ether oxygens (including phenoxy) is 2. The highest BCUT2D eigenvalue weighted by Gasteiger charge is 2.28. The number of esters is 2. The number of hydrogen-bond acceptors (Lipinski definition) is 5. The van der Waals surface area contributed by atoms with Gasteiger partial charge in [-0.1, -0.05) is 30.3 Å². The van der Waals surface area contributed by atoms with Crippen molar-refractivity contribution in [3.8, 4) is 0 Å². The van der Waals surface area contributed by atoms with Crippen LogP contribution in [0.2, 0.25) is 0 Å². The van der Waals surface area contributed by atoms with Gasteiger partial charge in [0.1, 0.15) is 6.10 Å². The second-order valence-electron chi connectivity index (χ2n) is 6.32. The summed E-state index contributed by atoms with van der Waals surface area (Å²) in [5.74, 6) is -1.37. The molecule has 0 aromatic heterocycles. The first-order chi connectivity index (χ1) is 13.0. The van der Waals surface area contributed by atoms with Crippen molar-refractivity contribution in [2.75, 3.05) is 6.54 Å². The van der Waals surface area contributed by atoms with Crippen LogP contribution in [0.4, 0.5) is 0 Å². The highest BCUT2D eigenvalue weighted by atomic mass is 16.6. The van der Waals surface area contributed by atoms with Crippen LogP contribution in [-0.2, 0) is 20.7 Å². The number of nitrogens with one attached hydrogen (secondary N) is 1. The summed E-state index contributed by atoms with van der Waals surface area (Å²) in [5, 5.41) is 2.60. The zero-order valence-electron chi connectivity index (χ0n) is 15.2. The van der Waals surface area contributed by atoms with Crippen LogP contribution in [0.25, 0.3) is 0 Å². The Balaban J connectivity index is 1.79. The van der Waals surface area contributed by atoms with E-state index in [1.165, 1.54) is 13.0 Å². The van der Waals surface area contributed by atoms with E-state index in [1.807, 2.05) is 30.3 Å². The zero-order chi connectivity index (χ0) is 19.4. The van der Waals surface area contributed by atoms with E-state index < -0.39 is 24.1 Å². The molecule has 0 fully saturated rings. The topological polar surface area (TPSA) is 81.7 Å². The van der Waals surface area contributed by atoms with Crippen molar-refractivity contribution in [3.63, 3.8) is 0 Å². The molecule has 1 N–H and O–H groups in total. The fraction of sp³-hybridized carbons (Fsp3) is 0.286. The third kappa shape index (κ3) is 4.16. The quantitative estimate of drug-likeness (QED) is 0.822. The van der Waals surface area contributed by atoms with Gasteiger partial charge in [-0.3, -0.25) is 4.79 Å². The molecule has 140 valence electrons. The van der Waals surface area contributed by atoms with Crippen LogP contribution in [0.15, 0.2) is 48.5 Å². The maximum atomic E-state index is 12.4. The molecule has 27 heavy (non-hydrogen) atoms. The van der Waals surface area contributed by atoms with E-state index in [2.05, 4.69) is 5.32 Å². The number of likely N-dealkylation sites (N-methyl/N-ethyl adjacent to an activating group) is 1. The summed E-state index contributed by atoms with van der Waals surface area (Å²) in [5.41, 5.74) is 2.36. The van der Waals surface area contributed by atoms with Crippen LogP contribution < -0.4 is 5.32 Å². The summed E-state index contributed by atoms with van der Waals surface area (Å²) in [6.45, 7) is 3.77. The van der Waals surface area contributed by atoms with Gasteiger partial charge in [-0.2, -0.15) is 0 Å². The molecule has 0 radical (unpaired) electrons. The summed E-state index contributed by atoms with van der Waals surface area (Å²) < 4.78 is 10.7. The van der Waals surface area contributed by atoms with Gasteiger partial charge in [-0.15, -0.1) is 0 Å². The molecular formula is C21H21NO5. The molecular weight excluding hydrogens is 346 g/mol. The molecule has 0 saturated heterocycles. The molecule has 0 aliphatic carbocycles. The standard InChI is InChI=1S/C21H21NO5/c1-3-22-19(23)13(2)26-20(24)15-9-10-17-16(11-15)12-18(27-21(17)25)14-7-5-4-6-8-14/h4-11,13,18H,3,12H2,1-2H3,(H,22,23)/t13-,18+/m1/s1. The lowest BCUT2D eigenvalue weighted by atomic mass is 9.93. The SMILES string of the molecule is CCNC(=O)[C@@H](C)OC(=O)c1ccc2c(c1)C[C@@H](c1ccccc1)OC2=O. The van der Waals surface area contributed by atoms with Crippen LogP contribution in [0, 0.1) is 0 Å². The molecule has 0 bridgehead atoms. The van der Waals surface area contributed by atoms with Crippen molar-refractivity contribution in [1.29, 1.82) is 0 Å². The maximum absolute atomic E-state index is 12.4. The molecule has 0 spiro atoms. The normalized spacial score (nSPS) is 16.7. The maximum Gasteiger partial charge on any atom is 0.339 e. The zero-order valence-corrected chi connectivity index (χ0v) is 15.2. The van der Waals surface area contributed by atoms with E-state index in [-0.39, 0.29) is 5.91 Å². The summed E-state index contributed by atoms with van der Waals surface area (Å²) >= 11 is 0. The smallest absolute Gasteiger partial charge is 0.339 e. The van der Waals surface area contributed by atoms with Gasteiger partial charge in [0.15, 0.2) is 6.10 Å². The monoisotopic (exact) mass is 367 g/mol. The van der Waals surface area contributed by atoms with E-state index in [9.17, 15) is 14.4 Å². The molecule has 2 aromatic carbocycles. The Bertz CT molecular complexity index is 862. The van der Waals surface area contributed by atoms with Crippen LogP contribution in [0.1, 0.15) is 51.8 Å². The molecule has 2 aromatic rings. The Hall–Kier alpha value is -3.15. The fourth-order valence-electron chi connectivity index (χ4n) is 2.98. The minimum Gasteiger partial charge on any atom is -0.454 e. The van der Waals surface area contributed by atoms with Gasteiger partial charge in [0, 0.05) is 13.0 Å². The molecule has 0 unspecified atom stereocenters. The van der Waals surface area contributed by atoms with Crippen molar-refractivity contribution in [2.24, 2.45) is 0 Å². The van der Waals surface area contributed by atoms with Crippen molar-refractivity contribution in [2.45, 2.75) is 32.5 Å². The molecule has 3 rings (SSSR count). The third-order valence-corrected chi connectivity index (χ3v) is 4.39. The first kappa shape index (κ1) is 18.6. The average Bonchev–Trinajstić information content (AvgIpc) is 2.68. The van der Waals surface area contributed by atoms with E-state index in [1.54, 1.807) is 19.1 Å². The highest BCUT2D eigenvalue weighted by Crippen LogP contribution is 2.31. The largest absolute Gasteiger partial charge is 0.454 e. The lowest BCUT2D eigenvalue weighted by Crippen LogP contribution is -2.35. The molecule has 1 aliphatic heterocycles. The number of benzene rings is 2. The number of fused-ring (bicyclic) bond motifs is 1. The van der Waals surface area contributed by atoms with Gasteiger partial charge >= 0.3 is 11.9 Å². The Morgan fingerprint density at radius 2 is 1.96 bits per heavy atom. The molecule has 1 aliphatic rings. The minimum atomic E-state index is -0.893. The molecule has 1 heterocycles. The summed E-state index contributed by atoms with van der Waals surface area (Å²) in [4.78, 5) is 36.4. The highest BCUT2D eigenvalue weighted by molar-refractivity contribution is 5.96. The fourth-order valence-corrected chi connectivity index (χ4v) is 2.98. The Kier molecular flexibility index (Phi) is 5.54. The van der Waals surface area contributed by atoms with Crippen molar-refractivity contribution in [3.05, 3.63) is 70.8 Å². The number of carbonyl (C=O) groups is 3. The van der Waals surface area contributed by atoms with Crippen molar-refractivity contribution >= 4 is 17.8 Å². The van der Waals surface area contributed by atoms with E-state index >= 15 is 0 Å². The first-order valence-electron chi connectivity index (χ1n) is 8.87. The number of amides is 1. The summed E-state index contributed by atoms with van der Waals surface area (Å²) in [7, 11) is 0. The van der Waals surface area contributed by atoms with Gasteiger partial charge in [-0.25, -0.2) is 9.59 Å². The second-order valence-corrected chi connectivity index (χ2v) is 6.32. The second kappa shape index (κ2) is 8.03. The summed E-state index contributed by atoms with van der Waals surface area (Å²) in [6.07, 6.45) is -0.819. The van der Waals surface area contributed by atoms with E-state index in [0.717, 1.165) is 11.1 Å². The number of carbonyl (C=O) groups excluding carboxylic acids is 3. The Morgan fingerprint density at radius 3 is 2.67 bits per heavy atom. The lowest BCUT2D eigenvalue weighted by molar-refractivity contribution is -0.128. The number of hydrogen-bond donors (Lipinski definition) is 1. The van der Waals surface area contributed by atoms with Gasteiger partial charge < -0.3 is 14.8 Å². The third-order valence-electron chi connectivity index (χ3n) is 4.39. The molecule has 6 nitrogen and oxygen atoms in total. The van der Waals surface area contributed by atoms with Crippen LogP contribution in [0.3, 0.4) is 0 Å². The molecule has 1 amide bonds.